The van der Waals surface area contributed by atoms with Gasteiger partial charge in [-0.2, -0.15) is 5.10 Å². The van der Waals surface area contributed by atoms with Crippen molar-refractivity contribution in [2.24, 2.45) is 0 Å². The molecule has 3 heterocycles. The number of amides is 1. The van der Waals surface area contributed by atoms with Gasteiger partial charge in [-0.15, -0.1) is 0 Å². The molecule has 2 aromatic rings. The summed E-state index contributed by atoms with van der Waals surface area (Å²) in [4.78, 5) is 14.6. The normalized spacial score (nSPS) is 17.8. The third-order valence-electron chi connectivity index (χ3n) is 4.78. The van der Waals surface area contributed by atoms with Crippen LogP contribution in [0.5, 0.6) is 0 Å². The molecule has 0 spiro atoms. The molecule has 2 aromatic heterocycles. The molecule has 3 rings (SSSR count). The Morgan fingerprint density at radius 3 is 2.79 bits per heavy atom. The minimum atomic E-state index is -0.185. The van der Waals surface area contributed by atoms with Crippen LogP contribution in [-0.2, 0) is 11.3 Å². The lowest BCUT2D eigenvalue weighted by molar-refractivity contribution is -0.121. The lowest BCUT2D eigenvalue weighted by Gasteiger charge is -2.34. The molecule has 0 aliphatic carbocycles. The first-order valence-electron chi connectivity index (χ1n) is 8.57. The number of nitrogens with one attached hydrogen (secondary N) is 1. The maximum atomic E-state index is 12.4. The smallest absolute Gasteiger partial charge is 0.243 e. The Balaban J connectivity index is 1.52. The van der Waals surface area contributed by atoms with E-state index in [0.717, 1.165) is 38.2 Å². The molecule has 130 valence electrons. The van der Waals surface area contributed by atoms with Crippen LogP contribution < -0.4 is 5.32 Å². The highest BCUT2D eigenvalue weighted by Gasteiger charge is 2.28. The van der Waals surface area contributed by atoms with Gasteiger partial charge >= 0.3 is 0 Å². The number of anilines is 1. The Bertz CT molecular complexity index is 685. The molecule has 1 aliphatic rings. The maximum absolute atomic E-state index is 12.4. The third kappa shape index (κ3) is 3.67. The Morgan fingerprint density at radius 1 is 1.46 bits per heavy atom. The second-order valence-electron chi connectivity index (χ2n) is 6.44. The summed E-state index contributed by atoms with van der Waals surface area (Å²) >= 11 is 0. The van der Waals surface area contributed by atoms with Gasteiger partial charge in [-0.1, -0.05) is 5.16 Å². The van der Waals surface area contributed by atoms with Crippen LogP contribution in [0, 0.1) is 6.92 Å². The molecular weight excluding hydrogens is 306 g/mol. The van der Waals surface area contributed by atoms with E-state index in [-0.39, 0.29) is 11.9 Å². The average Bonchev–Trinajstić information content (AvgIpc) is 3.23. The van der Waals surface area contributed by atoms with Gasteiger partial charge < -0.3 is 4.52 Å². The molecular formula is C17H25N5O2. The molecule has 1 N–H and O–H groups in total. The summed E-state index contributed by atoms with van der Waals surface area (Å²) < 4.78 is 7.02. The minimum absolute atomic E-state index is 0.0524. The highest BCUT2D eigenvalue weighted by Crippen LogP contribution is 2.28. The second-order valence-corrected chi connectivity index (χ2v) is 6.44. The van der Waals surface area contributed by atoms with Gasteiger partial charge in [0.15, 0.2) is 0 Å². The van der Waals surface area contributed by atoms with E-state index in [0.29, 0.717) is 11.8 Å². The SMILES string of the molecule is CCn1cc(C2CCN([C@H](C)C(=O)Nc3cc(C)no3)CC2)cn1. The number of piperidine rings is 1. The number of aryl methyl sites for hydroxylation is 2. The van der Waals surface area contributed by atoms with Crippen molar-refractivity contribution in [1.29, 1.82) is 0 Å². The second kappa shape index (κ2) is 7.17. The summed E-state index contributed by atoms with van der Waals surface area (Å²) in [6.45, 7) is 8.58. The number of aromatic nitrogens is 3. The monoisotopic (exact) mass is 331 g/mol. The Morgan fingerprint density at radius 2 is 2.21 bits per heavy atom. The Hall–Kier alpha value is -2.15. The third-order valence-corrected chi connectivity index (χ3v) is 4.78. The quantitative estimate of drug-likeness (QED) is 0.910. The molecule has 1 saturated heterocycles. The molecule has 1 atom stereocenters. The van der Waals surface area contributed by atoms with Crippen LogP contribution >= 0.6 is 0 Å². The molecule has 7 nitrogen and oxygen atoms in total. The topological polar surface area (TPSA) is 76.2 Å². The number of carbonyl (C=O) groups excluding carboxylic acids is 1. The van der Waals surface area contributed by atoms with Crippen molar-refractivity contribution in [3.05, 3.63) is 29.7 Å². The van der Waals surface area contributed by atoms with Crippen LogP contribution in [-0.4, -0.2) is 44.9 Å². The van der Waals surface area contributed by atoms with Crippen LogP contribution in [0.1, 0.15) is 43.9 Å². The molecule has 1 amide bonds. The van der Waals surface area contributed by atoms with Crippen molar-refractivity contribution in [2.45, 2.75) is 52.1 Å². The highest BCUT2D eigenvalue weighted by atomic mass is 16.5. The molecule has 1 fully saturated rings. The van der Waals surface area contributed by atoms with Crippen molar-refractivity contribution in [1.82, 2.24) is 19.8 Å². The van der Waals surface area contributed by atoms with E-state index in [2.05, 4.69) is 33.6 Å². The van der Waals surface area contributed by atoms with E-state index < -0.39 is 0 Å². The molecule has 24 heavy (non-hydrogen) atoms. The first-order valence-corrected chi connectivity index (χ1v) is 8.57. The zero-order chi connectivity index (χ0) is 17.1. The zero-order valence-electron chi connectivity index (χ0n) is 14.5. The first-order chi connectivity index (χ1) is 11.6. The van der Waals surface area contributed by atoms with Gasteiger partial charge in [0.05, 0.1) is 17.9 Å². The summed E-state index contributed by atoms with van der Waals surface area (Å²) in [6.07, 6.45) is 6.22. The van der Waals surface area contributed by atoms with E-state index in [1.54, 1.807) is 6.07 Å². The fraction of sp³-hybridized carbons (Fsp3) is 0.588. The fourth-order valence-electron chi connectivity index (χ4n) is 3.20. The fourth-order valence-corrected chi connectivity index (χ4v) is 3.20. The van der Waals surface area contributed by atoms with Gasteiger partial charge in [0, 0.05) is 18.8 Å². The number of likely N-dealkylation sites (tertiary alicyclic amines) is 1. The van der Waals surface area contributed by atoms with E-state index in [1.165, 1.54) is 5.56 Å². The minimum Gasteiger partial charge on any atom is -0.338 e. The zero-order valence-corrected chi connectivity index (χ0v) is 14.5. The van der Waals surface area contributed by atoms with Gasteiger partial charge in [-0.3, -0.25) is 19.7 Å². The highest BCUT2D eigenvalue weighted by molar-refractivity contribution is 5.93. The van der Waals surface area contributed by atoms with Crippen LogP contribution in [0.15, 0.2) is 23.0 Å². The number of nitrogens with zero attached hydrogens (tertiary/aromatic N) is 4. The van der Waals surface area contributed by atoms with Crippen molar-refractivity contribution in [2.75, 3.05) is 18.4 Å². The average molecular weight is 331 g/mol. The summed E-state index contributed by atoms with van der Waals surface area (Å²) in [5.74, 6) is 0.892. The molecule has 0 unspecified atom stereocenters. The van der Waals surface area contributed by atoms with Gasteiger partial charge in [0.1, 0.15) is 0 Å². The van der Waals surface area contributed by atoms with E-state index in [9.17, 15) is 4.79 Å². The predicted molar refractivity (Wildman–Crippen MR) is 90.8 cm³/mol. The van der Waals surface area contributed by atoms with Crippen LogP contribution in [0.3, 0.4) is 0 Å². The van der Waals surface area contributed by atoms with E-state index in [1.807, 2.05) is 24.7 Å². The maximum Gasteiger partial charge on any atom is 0.243 e. The molecule has 7 heteroatoms. The largest absolute Gasteiger partial charge is 0.338 e. The molecule has 1 aliphatic heterocycles. The van der Waals surface area contributed by atoms with Gasteiger partial charge in [-0.05, 0) is 58.2 Å². The van der Waals surface area contributed by atoms with Gasteiger partial charge in [-0.25, -0.2) is 0 Å². The van der Waals surface area contributed by atoms with E-state index >= 15 is 0 Å². The molecule has 0 radical (unpaired) electrons. The lowest BCUT2D eigenvalue weighted by atomic mass is 9.91. The number of hydrogen-bond acceptors (Lipinski definition) is 5. The van der Waals surface area contributed by atoms with Crippen LogP contribution in [0.25, 0.3) is 0 Å². The van der Waals surface area contributed by atoms with Crippen molar-refractivity contribution < 1.29 is 9.32 Å². The van der Waals surface area contributed by atoms with E-state index in [4.69, 9.17) is 4.52 Å². The summed E-state index contributed by atoms with van der Waals surface area (Å²) in [5.41, 5.74) is 2.07. The van der Waals surface area contributed by atoms with Crippen LogP contribution in [0.2, 0.25) is 0 Å². The predicted octanol–water partition coefficient (Wildman–Crippen LogP) is 2.41. The van der Waals surface area contributed by atoms with Gasteiger partial charge in [0.2, 0.25) is 11.8 Å². The van der Waals surface area contributed by atoms with Crippen molar-refractivity contribution >= 4 is 11.8 Å². The number of rotatable bonds is 5. The van der Waals surface area contributed by atoms with Crippen molar-refractivity contribution in [3.63, 3.8) is 0 Å². The summed E-state index contributed by atoms with van der Waals surface area (Å²) in [5, 5.41) is 10.9. The van der Waals surface area contributed by atoms with Gasteiger partial charge in [0.25, 0.3) is 0 Å². The Kier molecular flexibility index (Phi) is 4.99. The summed E-state index contributed by atoms with van der Waals surface area (Å²) in [6, 6.07) is 1.54. The first kappa shape index (κ1) is 16.7. The standard InChI is InChI=1S/C17H25N5O2/c1-4-22-11-15(10-18-22)14-5-7-21(8-6-14)13(3)17(23)19-16-9-12(2)20-24-16/h9-11,13-14H,4-8H2,1-3H3,(H,19,23)/t13-/m1/s1. The summed E-state index contributed by atoms with van der Waals surface area (Å²) in [7, 11) is 0. The molecule has 0 saturated carbocycles. The number of carbonyl (C=O) groups is 1. The molecule has 0 aromatic carbocycles. The lowest BCUT2D eigenvalue weighted by Crippen LogP contribution is -2.45. The van der Waals surface area contributed by atoms with Crippen LogP contribution in [0.4, 0.5) is 5.88 Å². The molecule has 0 bridgehead atoms. The number of hydrogen-bond donors (Lipinski definition) is 1. The van der Waals surface area contributed by atoms with Crippen molar-refractivity contribution in [3.8, 4) is 0 Å². The Labute approximate surface area is 142 Å².